The Kier molecular flexibility index (Phi) is 6.49. The summed E-state index contributed by atoms with van der Waals surface area (Å²) in [4.78, 5) is 15.5. The van der Waals surface area contributed by atoms with Crippen LogP contribution in [0.25, 0.3) is 10.9 Å². The molecule has 0 unspecified atom stereocenters. The zero-order valence-electron chi connectivity index (χ0n) is 13.7. The summed E-state index contributed by atoms with van der Waals surface area (Å²) in [7, 11) is 0. The van der Waals surface area contributed by atoms with Crippen LogP contribution in [0.3, 0.4) is 0 Å². The van der Waals surface area contributed by atoms with Gasteiger partial charge in [-0.05, 0) is 42.8 Å². The number of thioether (sulfide) groups is 1. The third-order valence-electron chi connectivity index (χ3n) is 3.29. The van der Waals surface area contributed by atoms with Crippen molar-refractivity contribution in [2.75, 3.05) is 6.61 Å². The van der Waals surface area contributed by atoms with Crippen molar-refractivity contribution in [1.29, 1.82) is 0 Å². The van der Waals surface area contributed by atoms with E-state index in [2.05, 4.69) is 4.85 Å². The number of nitrogens with zero attached hydrogens (tertiary/aromatic N) is 1. The van der Waals surface area contributed by atoms with Crippen LogP contribution in [0.15, 0.2) is 53.1 Å². The van der Waals surface area contributed by atoms with E-state index in [0.29, 0.717) is 29.2 Å². The van der Waals surface area contributed by atoms with Crippen molar-refractivity contribution in [2.45, 2.75) is 17.6 Å². The number of hydrogen-bond acceptors (Lipinski definition) is 4. The fourth-order valence-corrected chi connectivity index (χ4v) is 3.03. The smallest absolute Gasteiger partial charge is 0.250 e. The molecule has 1 amide bonds. The van der Waals surface area contributed by atoms with Crippen molar-refractivity contribution in [3.63, 3.8) is 0 Å². The molecule has 2 aromatic carbocycles. The second kappa shape index (κ2) is 8.81. The highest BCUT2D eigenvalue weighted by Crippen LogP contribution is 2.36. The van der Waals surface area contributed by atoms with Gasteiger partial charge in [0, 0.05) is 16.2 Å². The van der Waals surface area contributed by atoms with Gasteiger partial charge in [-0.15, -0.1) is 11.8 Å². The van der Waals surface area contributed by atoms with Crippen LogP contribution in [0.2, 0.25) is 0 Å². The van der Waals surface area contributed by atoms with Gasteiger partial charge in [0.25, 0.3) is 0 Å². The maximum absolute atomic E-state index is 11.3. The highest BCUT2D eigenvalue weighted by Gasteiger charge is 2.13. The second-order valence-corrected chi connectivity index (χ2v) is 6.12. The maximum atomic E-state index is 11.3. The van der Waals surface area contributed by atoms with Gasteiger partial charge < -0.3 is 15.6 Å². The minimum Gasteiger partial charge on any atom is -0.504 e. The second-order valence-electron chi connectivity index (χ2n) is 5.07. The predicted molar refractivity (Wildman–Crippen MR) is 99.1 cm³/mol. The Labute approximate surface area is 150 Å². The molecule has 5 nitrogen and oxygen atoms in total. The Morgan fingerprint density at radius 3 is 2.68 bits per heavy atom. The van der Waals surface area contributed by atoms with E-state index >= 15 is 0 Å². The fraction of sp³-hybridized carbons (Fsp3) is 0.158. The number of phenolic OH excluding ortho intramolecular Hbond substituents is 1. The van der Waals surface area contributed by atoms with Crippen molar-refractivity contribution >= 4 is 23.7 Å². The summed E-state index contributed by atoms with van der Waals surface area (Å²) in [5, 5.41) is 10.4. The quantitative estimate of drug-likeness (QED) is 0.450. The van der Waals surface area contributed by atoms with Crippen LogP contribution in [0, 0.1) is 6.57 Å². The summed E-state index contributed by atoms with van der Waals surface area (Å²) in [5.41, 5.74) is 6.25. The lowest BCUT2D eigenvalue weighted by atomic mass is 10.1. The molecule has 0 spiro atoms. The van der Waals surface area contributed by atoms with E-state index in [1.165, 1.54) is 6.08 Å². The first-order valence-corrected chi connectivity index (χ1v) is 8.59. The molecule has 0 fully saturated rings. The van der Waals surface area contributed by atoms with Gasteiger partial charge in [0.05, 0.1) is 13.2 Å². The monoisotopic (exact) mass is 354 g/mol. The lowest BCUT2D eigenvalue weighted by molar-refractivity contribution is -0.114. The average molecular weight is 354 g/mol. The van der Waals surface area contributed by atoms with E-state index in [4.69, 9.17) is 17.0 Å². The Balaban J connectivity index is 2.37. The molecule has 0 saturated carbocycles. The Morgan fingerprint density at radius 2 is 2.08 bits per heavy atom. The number of aromatic hydroxyl groups is 1. The molecule has 2 rings (SSSR count). The Hall–Kier alpha value is -2.91. The van der Waals surface area contributed by atoms with Gasteiger partial charge in [-0.2, -0.15) is 0 Å². The summed E-state index contributed by atoms with van der Waals surface area (Å²) < 4.78 is 5.46. The molecular formula is C19H18N2O3S. The van der Waals surface area contributed by atoms with Gasteiger partial charge in [0.1, 0.15) is 0 Å². The first kappa shape index (κ1) is 18.4. The first-order chi connectivity index (χ1) is 12.0. The molecule has 25 heavy (non-hydrogen) atoms. The number of rotatable bonds is 7. The molecule has 3 N–H and O–H groups in total. The fourth-order valence-electron chi connectivity index (χ4n) is 2.14. The number of benzene rings is 2. The van der Waals surface area contributed by atoms with Gasteiger partial charge in [0.15, 0.2) is 11.5 Å². The van der Waals surface area contributed by atoms with Gasteiger partial charge in [0.2, 0.25) is 11.6 Å². The van der Waals surface area contributed by atoms with Crippen molar-refractivity contribution in [3.8, 4) is 11.5 Å². The van der Waals surface area contributed by atoms with Crippen LogP contribution in [0.1, 0.15) is 18.1 Å². The average Bonchev–Trinajstić information content (AvgIpc) is 2.61. The molecule has 0 atom stereocenters. The van der Waals surface area contributed by atoms with Gasteiger partial charge in [-0.1, -0.05) is 18.2 Å². The molecule has 0 aliphatic heterocycles. The molecule has 0 saturated heterocycles. The van der Waals surface area contributed by atoms with E-state index in [0.717, 1.165) is 4.90 Å². The molecule has 2 aromatic rings. The molecule has 0 radical (unpaired) electrons. The lowest BCUT2D eigenvalue weighted by Crippen LogP contribution is -2.11. The van der Waals surface area contributed by atoms with Crippen molar-refractivity contribution in [3.05, 3.63) is 70.7 Å². The van der Waals surface area contributed by atoms with E-state index in [1.54, 1.807) is 23.9 Å². The normalized spacial score (nSPS) is 11.0. The lowest BCUT2D eigenvalue weighted by Gasteiger charge is -2.12. The SMILES string of the molecule is [C-]#[N+]C(=Cc1cc(CSc2ccccc2)c(O)c(OCC)c1)C(N)=O. The van der Waals surface area contributed by atoms with E-state index < -0.39 is 5.91 Å². The summed E-state index contributed by atoms with van der Waals surface area (Å²) >= 11 is 1.57. The topological polar surface area (TPSA) is 76.9 Å². The first-order valence-electron chi connectivity index (χ1n) is 7.60. The van der Waals surface area contributed by atoms with Crippen molar-refractivity contribution in [1.82, 2.24) is 0 Å². The number of amides is 1. The number of hydrogen-bond donors (Lipinski definition) is 2. The summed E-state index contributed by atoms with van der Waals surface area (Å²) in [6, 6.07) is 13.1. The molecule has 0 aromatic heterocycles. The number of primary amides is 1. The van der Waals surface area contributed by atoms with E-state index in [9.17, 15) is 9.90 Å². The third-order valence-corrected chi connectivity index (χ3v) is 4.35. The van der Waals surface area contributed by atoms with Gasteiger partial charge in [-0.3, -0.25) is 4.79 Å². The summed E-state index contributed by atoms with van der Waals surface area (Å²) in [6.07, 6.45) is 1.40. The van der Waals surface area contributed by atoms with E-state index in [1.807, 2.05) is 37.3 Å². The third kappa shape index (κ3) is 5.03. The van der Waals surface area contributed by atoms with Gasteiger partial charge >= 0.3 is 0 Å². The highest BCUT2D eigenvalue weighted by molar-refractivity contribution is 7.98. The molecular weight excluding hydrogens is 336 g/mol. The van der Waals surface area contributed by atoms with Gasteiger partial charge in [-0.25, -0.2) is 4.85 Å². The predicted octanol–water partition coefficient (Wildman–Crippen LogP) is 3.83. The van der Waals surface area contributed by atoms with E-state index in [-0.39, 0.29) is 11.4 Å². The van der Waals surface area contributed by atoms with Crippen LogP contribution in [-0.2, 0) is 10.5 Å². The van der Waals surface area contributed by atoms with Crippen LogP contribution in [0.4, 0.5) is 0 Å². The maximum Gasteiger partial charge on any atom is 0.250 e. The molecule has 0 bridgehead atoms. The largest absolute Gasteiger partial charge is 0.504 e. The molecule has 0 aliphatic carbocycles. The standard InChI is InChI=1S/C19H18N2O3S/c1-3-24-17-11-13(10-16(21-2)19(20)23)9-14(18(17)22)12-25-15-7-5-4-6-8-15/h4-11,22H,3,12H2,1H3,(H2,20,23). The van der Waals surface area contributed by atoms with Crippen LogP contribution in [-0.4, -0.2) is 17.6 Å². The minimum absolute atomic E-state index is 0.0610. The number of carbonyl (C=O) groups excluding carboxylic acids is 1. The van der Waals surface area contributed by atoms with Crippen LogP contribution in [0.5, 0.6) is 11.5 Å². The summed E-state index contributed by atoms with van der Waals surface area (Å²) in [5.74, 6) is 0.0995. The Bertz CT molecular complexity index is 827. The zero-order chi connectivity index (χ0) is 18.2. The minimum atomic E-state index is -0.791. The number of nitrogens with two attached hydrogens (primary N) is 1. The molecule has 6 heteroatoms. The molecule has 0 aliphatic rings. The van der Waals surface area contributed by atoms with Crippen LogP contribution >= 0.6 is 11.8 Å². The highest BCUT2D eigenvalue weighted by atomic mass is 32.2. The molecule has 128 valence electrons. The molecule has 0 heterocycles. The van der Waals surface area contributed by atoms with Crippen LogP contribution < -0.4 is 10.5 Å². The Morgan fingerprint density at radius 1 is 1.36 bits per heavy atom. The van der Waals surface area contributed by atoms with Crippen molar-refractivity contribution in [2.24, 2.45) is 5.73 Å². The summed E-state index contributed by atoms with van der Waals surface area (Å²) in [6.45, 7) is 9.23. The van der Waals surface area contributed by atoms with Crippen molar-refractivity contribution < 1.29 is 14.6 Å². The number of phenols is 1. The zero-order valence-corrected chi connectivity index (χ0v) is 14.5. The number of ether oxygens (including phenoxy) is 1. The number of carbonyl (C=O) groups is 1.